The standard InChI is InChI=1S/C55H35N3O2/c1-34-47(35-15-5-2-6-16-35)33-48(36-17-7-3-8-18-36)56-54(34)58-49-24-14-13-22-41(49)42-27-25-38(32-51(42)58)37-26-28-43-44-29-30-45-40-21-11-12-23-46(40)55(59)60-53(45)52(44)57(50(43)31-37)39-19-9-4-10-20-39/h2-33H,1H3. The number of aromatic nitrogens is 3. The first kappa shape index (κ1) is 34.1. The number of pyridine rings is 1. The second kappa shape index (κ2) is 13.3. The molecular formula is C55H35N3O2. The molecule has 4 heterocycles. The molecule has 0 N–H and O–H groups in total. The summed E-state index contributed by atoms with van der Waals surface area (Å²) in [6, 6.07) is 67.6. The van der Waals surface area contributed by atoms with E-state index >= 15 is 0 Å². The van der Waals surface area contributed by atoms with Crippen molar-refractivity contribution in [3.8, 4) is 45.0 Å². The molecule has 8 aromatic carbocycles. The normalized spacial score (nSPS) is 11.8. The highest BCUT2D eigenvalue weighted by molar-refractivity contribution is 6.21. The molecule has 5 heteroatoms. The lowest BCUT2D eigenvalue weighted by molar-refractivity contribution is 0.572. The van der Waals surface area contributed by atoms with Gasteiger partial charge in [0.1, 0.15) is 5.82 Å². The minimum absolute atomic E-state index is 0.338. The summed E-state index contributed by atoms with van der Waals surface area (Å²) in [5.74, 6) is 0.902. The Bertz CT molecular complexity index is 3730. The molecule has 0 radical (unpaired) electrons. The van der Waals surface area contributed by atoms with E-state index < -0.39 is 0 Å². The largest absolute Gasteiger partial charge is 0.420 e. The zero-order chi connectivity index (χ0) is 39.9. The van der Waals surface area contributed by atoms with Crippen LogP contribution in [0.2, 0.25) is 0 Å². The molecule has 0 aliphatic carbocycles. The van der Waals surface area contributed by atoms with Crippen LogP contribution in [-0.2, 0) is 0 Å². The molecule has 5 nitrogen and oxygen atoms in total. The summed E-state index contributed by atoms with van der Waals surface area (Å²) in [5.41, 5.74) is 12.9. The van der Waals surface area contributed by atoms with Crippen LogP contribution in [0.5, 0.6) is 0 Å². The smallest absolute Gasteiger partial charge is 0.344 e. The van der Waals surface area contributed by atoms with Crippen molar-refractivity contribution in [2.24, 2.45) is 0 Å². The van der Waals surface area contributed by atoms with Gasteiger partial charge < -0.3 is 8.98 Å². The van der Waals surface area contributed by atoms with Crippen LogP contribution >= 0.6 is 0 Å². The number of rotatable bonds is 5. The Morgan fingerprint density at radius 1 is 0.433 bits per heavy atom. The van der Waals surface area contributed by atoms with Gasteiger partial charge in [0.05, 0.1) is 33.1 Å². The Balaban J connectivity index is 1.12. The number of nitrogens with zero attached hydrogens (tertiary/aromatic N) is 3. The van der Waals surface area contributed by atoms with Crippen molar-refractivity contribution in [1.29, 1.82) is 0 Å². The highest BCUT2D eigenvalue weighted by Gasteiger charge is 2.22. The van der Waals surface area contributed by atoms with Gasteiger partial charge in [-0.3, -0.25) is 4.57 Å². The second-order valence-corrected chi connectivity index (χ2v) is 15.5. The SMILES string of the molecule is Cc1c(-c2ccccc2)cc(-c2ccccc2)nc1-n1c2ccccc2c2ccc(-c3ccc4c5ccc6c7ccccc7c(=O)oc6c5n(-c5ccccc5)c4c3)cc21. The predicted octanol–water partition coefficient (Wildman–Crippen LogP) is 13.8. The first-order chi connectivity index (χ1) is 29.6. The topological polar surface area (TPSA) is 53.0 Å². The van der Waals surface area contributed by atoms with Crippen molar-refractivity contribution < 1.29 is 4.42 Å². The maximum absolute atomic E-state index is 13.5. The monoisotopic (exact) mass is 769 g/mol. The van der Waals surface area contributed by atoms with E-state index in [1.165, 1.54) is 5.39 Å². The van der Waals surface area contributed by atoms with Crippen molar-refractivity contribution in [3.63, 3.8) is 0 Å². The Morgan fingerprint density at radius 3 is 1.68 bits per heavy atom. The Labute approximate surface area is 344 Å². The second-order valence-electron chi connectivity index (χ2n) is 15.5. The molecule has 0 amide bonds. The maximum atomic E-state index is 13.5. The maximum Gasteiger partial charge on any atom is 0.344 e. The van der Waals surface area contributed by atoms with Crippen molar-refractivity contribution >= 4 is 65.4 Å². The summed E-state index contributed by atoms with van der Waals surface area (Å²) in [7, 11) is 0. The summed E-state index contributed by atoms with van der Waals surface area (Å²) in [6.45, 7) is 2.19. The molecule has 60 heavy (non-hydrogen) atoms. The zero-order valence-corrected chi connectivity index (χ0v) is 32.6. The number of fused-ring (bicyclic) bond motifs is 10. The van der Waals surface area contributed by atoms with Crippen LogP contribution in [0.25, 0.3) is 110 Å². The van der Waals surface area contributed by atoms with E-state index in [-0.39, 0.29) is 5.63 Å². The lowest BCUT2D eigenvalue weighted by atomic mass is 9.98. The van der Waals surface area contributed by atoms with Gasteiger partial charge in [-0.25, -0.2) is 9.78 Å². The first-order valence-electron chi connectivity index (χ1n) is 20.3. The third-order valence-electron chi connectivity index (χ3n) is 12.2. The van der Waals surface area contributed by atoms with Crippen molar-refractivity contribution in [1.82, 2.24) is 14.1 Å². The van der Waals surface area contributed by atoms with Crippen LogP contribution in [0.1, 0.15) is 5.56 Å². The van der Waals surface area contributed by atoms with Crippen molar-refractivity contribution in [2.75, 3.05) is 0 Å². The van der Waals surface area contributed by atoms with Gasteiger partial charge in [0.2, 0.25) is 0 Å². The van der Waals surface area contributed by atoms with Gasteiger partial charge in [-0.2, -0.15) is 0 Å². The molecule has 0 aliphatic heterocycles. The molecule has 0 bridgehead atoms. The highest BCUT2D eigenvalue weighted by Crippen LogP contribution is 2.42. The van der Waals surface area contributed by atoms with E-state index in [9.17, 15) is 4.79 Å². The fourth-order valence-electron chi connectivity index (χ4n) is 9.33. The fourth-order valence-corrected chi connectivity index (χ4v) is 9.33. The van der Waals surface area contributed by atoms with Gasteiger partial charge in [-0.1, -0.05) is 146 Å². The fraction of sp³-hybridized carbons (Fsp3) is 0.0182. The van der Waals surface area contributed by atoms with Crippen molar-refractivity contribution in [2.45, 2.75) is 6.92 Å². The van der Waals surface area contributed by atoms with E-state index in [1.54, 1.807) is 0 Å². The summed E-state index contributed by atoms with van der Waals surface area (Å²) in [5, 5.41) is 6.81. The van der Waals surface area contributed by atoms with Gasteiger partial charge in [-0.15, -0.1) is 0 Å². The molecule has 0 saturated heterocycles. The lowest BCUT2D eigenvalue weighted by Gasteiger charge is -2.17. The van der Waals surface area contributed by atoms with Crippen LogP contribution in [0.3, 0.4) is 0 Å². The van der Waals surface area contributed by atoms with E-state index in [4.69, 9.17) is 9.40 Å². The zero-order valence-electron chi connectivity index (χ0n) is 32.6. The molecule has 282 valence electrons. The lowest BCUT2D eigenvalue weighted by Crippen LogP contribution is -2.04. The minimum atomic E-state index is -0.338. The van der Waals surface area contributed by atoms with Crippen LogP contribution in [-0.4, -0.2) is 14.1 Å². The average Bonchev–Trinajstić information content (AvgIpc) is 3.82. The summed E-state index contributed by atoms with van der Waals surface area (Å²) in [6.07, 6.45) is 0. The minimum Gasteiger partial charge on any atom is -0.420 e. The Morgan fingerprint density at radius 2 is 0.967 bits per heavy atom. The Hall–Kier alpha value is -8.02. The molecule has 0 fully saturated rings. The number of hydrogen-bond donors (Lipinski definition) is 0. The van der Waals surface area contributed by atoms with Crippen LogP contribution in [0.15, 0.2) is 203 Å². The summed E-state index contributed by atoms with van der Waals surface area (Å²) >= 11 is 0. The van der Waals surface area contributed by atoms with Crippen molar-refractivity contribution in [3.05, 3.63) is 210 Å². The molecule has 0 atom stereocenters. The number of benzene rings is 8. The first-order valence-corrected chi connectivity index (χ1v) is 20.3. The Kier molecular flexibility index (Phi) is 7.53. The molecule has 0 spiro atoms. The van der Waals surface area contributed by atoms with E-state index in [1.807, 2.05) is 48.5 Å². The quantitative estimate of drug-likeness (QED) is 0.129. The van der Waals surface area contributed by atoms with E-state index in [0.29, 0.717) is 11.0 Å². The van der Waals surface area contributed by atoms with Crippen LogP contribution in [0, 0.1) is 6.92 Å². The summed E-state index contributed by atoms with van der Waals surface area (Å²) < 4.78 is 10.8. The molecule has 4 aromatic heterocycles. The van der Waals surface area contributed by atoms with Crippen LogP contribution in [0.4, 0.5) is 0 Å². The molecule has 12 rings (SSSR count). The molecule has 12 aromatic rings. The van der Waals surface area contributed by atoms with Gasteiger partial charge in [-0.05, 0) is 83.1 Å². The van der Waals surface area contributed by atoms with Gasteiger partial charge >= 0.3 is 5.63 Å². The highest BCUT2D eigenvalue weighted by atomic mass is 16.4. The number of para-hydroxylation sites is 2. The third-order valence-corrected chi connectivity index (χ3v) is 12.2. The third kappa shape index (κ3) is 5.12. The van der Waals surface area contributed by atoms with Gasteiger partial charge in [0.25, 0.3) is 0 Å². The van der Waals surface area contributed by atoms with Gasteiger partial charge in [0, 0.05) is 43.7 Å². The summed E-state index contributed by atoms with van der Waals surface area (Å²) in [4.78, 5) is 18.9. The van der Waals surface area contributed by atoms with E-state index in [2.05, 4.69) is 162 Å². The van der Waals surface area contributed by atoms with Gasteiger partial charge in [0.15, 0.2) is 5.58 Å². The molecule has 0 saturated carbocycles. The number of hydrogen-bond acceptors (Lipinski definition) is 3. The molecule has 0 unspecified atom stereocenters. The average molecular weight is 770 g/mol. The molecule has 0 aliphatic rings. The van der Waals surface area contributed by atoms with Crippen LogP contribution < -0.4 is 5.63 Å². The van der Waals surface area contributed by atoms with E-state index in [0.717, 1.165) is 99.6 Å². The predicted molar refractivity (Wildman–Crippen MR) is 248 cm³/mol. The molecular weight excluding hydrogens is 735 g/mol.